The molecule has 0 bridgehead atoms. The molecule has 0 saturated heterocycles. The lowest BCUT2D eigenvalue weighted by molar-refractivity contribution is 1.02. The number of thiophene rings is 1. The summed E-state index contributed by atoms with van der Waals surface area (Å²) >= 11 is 1.89. The summed E-state index contributed by atoms with van der Waals surface area (Å²) in [6, 6.07) is 42.9. The zero-order valence-corrected chi connectivity index (χ0v) is 27.8. The summed E-state index contributed by atoms with van der Waals surface area (Å²) in [6.07, 6.45) is 15.7. The Hall–Kier alpha value is -5.71. The van der Waals surface area contributed by atoms with Gasteiger partial charge in [-0.15, -0.1) is 11.3 Å². The van der Waals surface area contributed by atoms with Crippen molar-refractivity contribution in [3.63, 3.8) is 0 Å². The molecule has 0 aliphatic heterocycles. The lowest BCUT2D eigenvalue weighted by Gasteiger charge is -2.14. The molecule has 0 atom stereocenters. The van der Waals surface area contributed by atoms with E-state index in [9.17, 15) is 0 Å². The van der Waals surface area contributed by atoms with Crippen molar-refractivity contribution in [3.8, 4) is 56.4 Å². The van der Waals surface area contributed by atoms with Crippen LogP contribution in [0.2, 0.25) is 0 Å². The summed E-state index contributed by atoms with van der Waals surface area (Å²) in [5, 5.41) is 1.23. The molecule has 7 aromatic rings. The van der Waals surface area contributed by atoms with Gasteiger partial charge in [0.05, 0.1) is 0 Å². The number of fused-ring (bicyclic) bond motifs is 3. The largest absolute Gasteiger partial charge is 0.208 e. The summed E-state index contributed by atoms with van der Waals surface area (Å²) in [6.45, 7) is 0. The molecular weight excluding hydrogens is 615 g/mol. The zero-order chi connectivity index (χ0) is 32.6. The van der Waals surface area contributed by atoms with Crippen LogP contribution in [0.1, 0.15) is 35.3 Å². The van der Waals surface area contributed by atoms with Crippen LogP contribution in [-0.2, 0) is 6.42 Å². The quantitative estimate of drug-likeness (QED) is 0.180. The number of aromatic nitrogens is 3. The van der Waals surface area contributed by atoms with Crippen LogP contribution in [0.4, 0.5) is 0 Å². The van der Waals surface area contributed by atoms with Crippen LogP contribution < -0.4 is 0 Å². The molecule has 0 fully saturated rings. The third-order valence-corrected chi connectivity index (χ3v) is 10.6. The van der Waals surface area contributed by atoms with Crippen molar-refractivity contribution in [3.05, 3.63) is 162 Å². The molecule has 0 spiro atoms. The van der Waals surface area contributed by atoms with Gasteiger partial charge in [-0.05, 0) is 95.0 Å². The Bertz CT molecular complexity index is 2380. The molecule has 0 unspecified atom stereocenters. The topological polar surface area (TPSA) is 38.7 Å². The third kappa shape index (κ3) is 5.75. The Kier molecular flexibility index (Phi) is 7.64. The van der Waals surface area contributed by atoms with Gasteiger partial charge in [-0.3, -0.25) is 0 Å². The Labute approximate surface area is 290 Å². The highest BCUT2D eigenvalue weighted by atomic mass is 32.1. The predicted molar refractivity (Wildman–Crippen MR) is 206 cm³/mol. The Balaban J connectivity index is 1.28. The van der Waals surface area contributed by atoms with Gasteiger partial charge in [0.2, 0.25) is 0 Å². The second-order valence-corrected chi connectivity index (χ2v) is 13.8. The maximum absolute atomic E-state index is 5.30. The molecule has 2 aliphatic carbocycles. The number of hydrogen-bond donors (Lipinski definition) is 0. The highest BCUT2D eigenvalue weighted by Gasteiger charge is 2.20. The van der Waals surface area contributed by atoms with E-state index in [-0.39, 0.29) is 0 Å². The van der Waals surface area contributed by atoms with E-state index < -0.39 is 0 Å². The Morgan fingerprint density at radius 2 is 1.08 bits per heavy atom. The first kappa shape index (κ1) is 29.4. The van der Waals surface area contributed by atoms with Gasteiger partial charge in [0.1, 0.15) is 0 Å². The molecule has 2 aromatic heterocycles. The first-order chi connectivity index (χ1) is 24.3. The van der Waals surface area contributed by atoms with Crippen molar-refractivity contribution in [2.24, 2.45) is 0 Å². The first-order valence-electron chi connectivity index (χ1n) is 17.0. The third-order valence-electron chi connectivity index (χ3n) is 9.38. The molecule has 0 amide bonds. The highest BCUT2D eigenvalue weighted by Crippen LogP contribution is 2.41. The number of aryl methyl sites for hydroxylation is 1. The molecule has 0 radical (unpaired) electrons. The van der Waals surface area contributed by atoms with Crippen molar-refractivity contribution in [2.45, 2.75) is 25.7 Å². The number of benzene rings is 5. The Morgan fingerprint density at radius 1 is 0.469 bits per heavy atom. The molecule has 2 aliphatic rings. The second kappa shape index (κ2) is 12.7. The van der Waals surface area contributed by atoms with Gasteiger partial charge in [-0.2, -0.15) is 0 Å². The minimum absolute atomic E-state index is 0.661. The van der Waals surface area contributed by atoms with Gasteiger partial charge in [-0.1, -0.05) is 121 Å². The number of nitrogens with zero attached hydrogens (tertiary/aromatic N) is 3. The van der Waals surface area contributed by atoms with Crippen molar-refractivity contribution in [1.82, 2.24) is 15.0 Å². The number of rotatable bonds is 6. The normalized spacial score (nSPS) is 13.8. The zero-order valence-electron chi connectivity index (χ0n) is 27.0. The van der Waals surface area contributed by atoms with E-state index in [0.29, 0.717) is 17.5 Å². The first-order valence-corrected chi connectivity index (χ1v) is 17.8. The van der Waals surface area contributed by atoms with E-state index in [4.69, 9.17) is 15.0 Å². The fraction of sp³-hybridized carbons (Fsp3) is 0.0889. The van der Waals surface area contributed by atoms with Gasteiger partial charge in [0.15, 0.2) is 17.5 Å². The summed E-state index contributed by atoms with van der Waals surface area (Å²) < 4.78 is 1.27. The fourth-order valence-electron chi connectivity index (χ4n) is 6.96. The van der Waals surface area contributed by atoms with Gasteiger partial charge in [0, 0.05) is 31.7 Å². The molecule has 49 heavy (non-hydrogen) atoms. The van der Waals surface area contributed by atoms with Crippen LogP contribution in [0.5, 0.6) is 0 Å². The van der Waals surface area contributed by atoms with E-state index >= 15 is 0 Å². The van der Waals surface area contributed by atoms with E-state index in [1.165, 1.54) is 31.7 Å². The van der Waals surface area contributed by atoms with Gasteiger partial charge < -0.3 is 0 Å². The molecule has 0 saturated carbocycles. The lowest BCUT2D eigenvalue weighted by Crippen LogP contribution is -2.01. The van der Waals surface area contributed by atoms with Crippen molar-refractivity contribution >= 4 is 33.1 Å². The van der Waals surface area contributed by atoms with Crippen LogP contribution in [0.25, 0.3) is 78.2 Å². The monoisotopic (exact) mass is 647 g/mol. The maximum atomic E-state index is 5.30. The molecule has 234 valence electrons. The maximum Gasteiger partial charge on any atom is 0.164 e. The SMILES string of the molecule is C1=CC(c2cccc(-c3nc(-c4cc(-c5ccccc5)cc(-c5ccccc5)c4)nc(-c4cccc5sc6c(c45)C=CCC6)n3)c2)=CCC1. The summed E-state index contributed by atoms with van der Waals surface area (Å²) in [4.78, 5) is 17.2. The van der Waals surface area contributed by atoms with Crippen LogP contribution in [0.15, 0.2) is 146 Å². The fourth-order valence-corrected chi connectivity index (χ4v) is 8.19. The average molecular weight is 648 g/mol. The summed E-state index contributed by atoms with van der Waals surface area (Å²) in [5.41, 5.74) is 11.3. The van der Waals surface area contributed by atoms with E-state index in [2.05, 4.69) is 152 Å². The van der Waals surface area contributed by atoms with Crippen LogP contribution >= 0.6 is 11.3 Å². The van der Waals surface area contributed by atoms with Crippen LogP contribution in [0.3, 0.4) is 0 Å². The van der Waals surface area contributed by atoms with Crippen molar-refractivity contribution in [2.75, 3.05) is 0 Å². The van der Waals surface area contributed by atoms with Gasteiger partial charge in [0.25, 0.3) is 0 Å². The smallest absolute Gasteiger partial charge is 0.164 e. The average Bonchev–Trinajstić information content (AvgIpc) is 3.58. The summed E-state index contributed by atoms with van der Waals surface area (Å²) in [5.74, 6) is 2.03. The van der Waals surface area contributed by atoms with Gasteiger partial charge >= 0.3 is 0 Å². The van der Waals surface area contributed by atoms with Crippen LogP contribution in [0, 0.1) is 0 Å². The molecule has 2 heterocycles. The molecule has 0 N–H and O–H groups in total. The second-order valence-electron chi connectivity index (χ2n) is 12.6. The van der Waals surface area contributed by atoms with E-state index in [0.717, 1.165) is 64.6 Å². The number of hydrogen-bond acceptors (Lipinski definition) is 4. The van der Waals surface area contributed by atoms with E-state index in [1.807, 2.05) is 11.3 Å². The van der Waals surface area contributed by atoms with Crippen LogP contribution in [-0.4, -0.2) is 15.0 Å². The molecule has 4 heteroatoms. The highest BCUT2D eigenvalue weighted by molar-refractivity contribution is 7.19. The lowest BCUT2D eigenvalue weighted by atomic mass is 9.95. The minimum atomic E-state index is 0.661. The minimum Gasteiger partial charge on any atom is -0.208 e. The Morgan fingerprint density at radius 3 is 1.82 bits per heavy atom. The number of allylic oxidation sites excluding steroid dienone is 5. The molecule has 3 nitrogen and oxygen atoms in total. The molecule has 5 aromatic carbocycles. The molecule has 9 rings (SSSR count). The van der Waals surface area contributed by atoms with Crippen molar-refractivity contribution < 1.29 is 0 Å². The standard InChI is InChI=1S/C45H33N3S/c1-4-14-30(15-5-1)33-20-12-21-34(26-33)43-46-44(48-45(47-43)39-23-13-25-41-42(39)38-22-10-11-24-40(38)49-41)37-28-35(31-16-6-2-7-17-31)27-36(29-37)32-18-8-3-9-19-32/h2-4,6-10,12-23,25-29H,1,5,11,24H2. The molecular formula is C45H33N3S. The summed E-state index contributed by atoms with van der Waals surface area (Å²) in [7, 11) is 0. The van der Waals surface area contributed by atoms with Gasteiger partial charge in [-0.25, -0.2) is 15.0 Å². The van der Waals surface area contributed by atoms with E-state index in [1.54, 1.807) is 0 Å². The van der Waals surface area contributed by atoms with Crippen molar-refractivity contribution in [1.29, 1.82) is 0 Å². The predicted octanol–water partition coefficient (Wildman–Crippen LogP) is 12.1.